The van der Waals surface area contributed by atoms with Gasteiger partial charge in [0.1, 0.15) is 0 Å². The molecule has 0 saturated carbocycles. The second-order valence-corrected chi connectivity index (χ2v) is 9.16. The van der Waals surface area contributed by atoms with Crippen LogP contribution in [0.2, 0.25) is 0 Å². The number of rotatable bonds is 3. The van der Waals surface area contributed by atoms with Crippen molar-refractivity contribution in [3.63, 3.8) is 0 Å². The smallest absolute Gasteiger partial charge is 0.207 e. The average molecular weight is 329 g/mol. The summed E-state index contributed by atoms with van der Waals surface area (Å²) < 4.78 is 27.8. The highest BCUT2D eigenvalue weighted by Gasteiger charge is 2.65. The number of aryl methyl sites for hydroxylation is 1. The normalized spacial score (nSPS) is 24.4. The minimum Gasteiger partial charge on any atom is -0.207 e. The molecule has 1 heterocycles. The first kappa shape index (κ1) is 16.2. The van der Waals surface area contributed by atoms with Crippen LogP contribution in [-0.2, 0) is 15.6 Å². The van der Waals surface area contributed by atoms with Crippen LogP contribution >= 0.6 is 0 Å². The Labute approximate surface area is 139 Å². The van der Waals surface area contributed by atoms with E-state index in [1.807, 2.05) is 49.4 Å². The van der Waals surface area contributed by atoms with Gasteiger partial charge in [-0.25, -0.2) is 8.42 Å². The lowest BCUT2D eigenvalue weighted by atomic mass is 9.76. The van der Waals surface area contributed by atoms with Crippen molar-refractivity contribution in [2.75, 3.05) is 6.54 Å². The molecule has 2 aromatic rings. The Balaban J connectivity index is 2.06. The molecule has 0 N–H and O–H groups in total. The largest absolute Gasteiger partial charge is 0.244 e. The molecule has 1 aliphatic heterocycles. The van der Waals surface area contributed by atoms with Gasteiger partial charge in [0.2, 0.25) is 10.0 Å². The lowest BCUT2D eigenvalue weighted by molar-refractivity contribution is 0.258. The first-order valence-electron chi connectivity index (χ1n) is 7.85. The maximum atomic E-state index is 13.1. The van der Waals surface area contributed by atoms with E-state index in [-0.39, 0.29) is 5.41 Å². The van der Waals surface area contributed by atoms with Gasteiger partial charge in [0.25, 0.3) is 0 Å². The molecule has 0 spiro atoms. The number of nitrogens with zero attached hydrogens (tertiary/aromatic N) is 1. The molecule has 0 bridgehead atoms. The molecule has 1 saturated heterocycles. The molecule has 23 heavy (non-hydrogen) atoms. The van der Waals surface area contributed by atoms with Gasteiger partial charge >= 0.3 is 0 Å². The first-order valence-corrected chi connectivity index (χ1v) is 9.29. The molecular weight excluding hydrogens is 306 g/mol. The quantitative estimate of drug-likeness (QED) is 0.800. The van der Waals surface area contributed by atoms with E-state index in [4.69, 9.17) is 0 Å². The summed E-state index contributed by atoms with van der Waals surface area (Å²) >= 11 is 0. The molecule has 1 aliphatic rings. The van der Waals surface area contributed by atoms with Crippen LogP contribution in [0.3, 0.4) is 0 Å². The van der Waals surface area contributed by atoms with Crippen molar-refractivity contribution < 1.29 is 8.42 Å². The number of benzene rings is 2. The van der Waals surface area contributed by atoms with E-state index in [9.17, 15) is 8.42 Å². The minimum atomic E-state index is -3.49. The lowest BCUT2D eigenvalue weighted by Crippen LogP contribution is -2.34. The zero-order valence-corrected chi connectivity index (χ0v) is 14.9. The van der Waals surface area contributed by atoms with Gasteiger partial charge in [-0.15, -0.1) is 0 Å². The van der Waals surface area contributed by atoms with Crippen LogP contribution in [-0.4, -0.2) is 19.3 Å². The molecule has 4 heteroatoms. The lowest BCUT2D eigenvalue weighted by Gasteiger charge is -2.32. The Kier molecular flexibility index (Phi) is 3.65. The summed E-state index contributed by atoms with van der Waals surface area (Å²) in [6.07, 6.45) is 0. The summed E-state index contributed by atoms with van der Waals surface area (Å²) in [5.41, 5.74) is 1.45. The third kappa shape index (κ3) is 2.50. The van der Waals surface area contributed by atoms with E-state index >= 15 is 0 Å². The van der Waals surface area contributed by atoms with Crippen molar-refractivity contribution in [1.29, 1.82) is 0 Å². The summed E-state index contributed by atoms with van der Waals surface area (Å²) in [7, 11) is -3.49. The number of hydrogen-bond donors (Lipinski definition) is 0. The van der Waals surface area contributed by atoms with Crippen LogP contribution in [0, 0.1) is 12.3 Å². The van der Waals surface area contributed by atoms with Gasteiger partial charge in [0.05, 0.1) is 10.4 Å². The Morgan fingerprint density at radius 3 is 2.04 bits per heavy atom. The summed E-state index contributed by atoms with van der Waals surface area (Å²) in [5, 5.41) is 0. The third-order valence-corrected chi connectivity index (χ3v) is 6.68. The van der Waals surface area contributed by atoms with Crippen LogP contribution in [0.1, 0.15) is 31.9 Å². The van der Waals surface area contributed by atoms with Crippen LogP contribution in [0.25, 0.3) is 0 Å². The van der Waals surface area contributed by atoms with Crippen LogP contribution in [0.4, 0.5) is 0 Å². The van der Waals surface area contributed by atoms with Gasteiger partial charge in [-0.05, 0) is 30.0 Å². The highest BCUT2D eigenvalue weighted by Crippen LogP contribution is 2.57. The van der Waals surface area contributed by atoms with Gasteiger partial charge in [0, 0.05) is 6.54 Å². The van der Waals surface area contributed by atoms with Crippen molar-refractivity contribution in [1.82, 2.24) is 4.31 Å². The number of hydrogen-bond acceptors (Lipinski definition) is 2. The van der Waals surface area contributed by atoms with Gasteiger partial charge in [-0.3, -0.25) is 0 Å². The Bertz CT molecular complexity index is 805. The predicted molar refractivity (Wildman–Crippen MR) is 92.6 cm³/mol. The second-order valence-electron chi connectivity index (χ2n) is 7.30. The summed E-state index contributed by atoms with van der Waals surface area (Å²) in [4.78, 5) is 0.366. The Morgan fingerprint density at radius 2 is 1.52 bits per heavy atom. The fourth-order valence-electron chi connectivity index (χ4n) is 3.29. The SMILES string of the molecule is Cc1ccc(S(=O)(=O)N2CC2(c2ccccc2)C(C)(C)C)cc1. The first-order chi connectivity index (χ1) is 10.7. The zero-order valence-electron chi connectivity index (χ0n) is 14.1. The molecular formula is C19H23NO2S. The van der Waals surface area contributed by atoms with Crippen molar-refractivity contribution >= 4 is 10.0 Å². The Hall–Kier alpha value is -1.65. The highest BCUT2D eigenvalue weighted by atomic mass is 32.2. The fourth-order valence-corrected chi connectivity index (χ4v) is 5.17. The van der Waals surface area contributed by atoms with Crippen molar-refractivity contribution in [2.45, 2.75) is 38.1 Å². The molecule has 1 fully saturated rings. The summed E-state index contributed by atoms with van der Waals surface area (Å²) in [6.45, 7) is 8.79. The molecule has 122 valence electrons. The molecule has 2 atom stereocenters. The van der Waals surface area contributed by atoms with E-state index in [0.29, 0.717) is 11.4 Å². The maximum absolute atomic E-state index is 13.1. The van der Waals surface area contributed by atoms with Crippen LogP contribution < -0.4 is 0 Å². The Morgan fingerprint density at radius 1 is 0.957 bits per heavy atom. The van der Waals surface area contributed by atoms with Crippen LogP contribution in [0.5, 0.6) is 0 Å². The van der Waals surface area contributed by atoms with Gasteiger partial charge in [-0.1, -0.05) is 68.8 Å². The van der Waals surface area contributed by atoms with E-state index in [2.05, 4.69) is 20.8 Å². The molecule has 2 unspecified atom stereocenters. The molecule has 3 rings (SSSR count). The van der Waals surface area contributed by atoms with E-state index < -0.39 is 15.6 Å². The van der Waals surface area contributed by atoms with Crippen molar-refractivity contribution in [2.24, 2.45) is 5.41 Å². The van der Waals surface area contributed by atoms with E-state index in [1.54, 1.807) is 16.4 Å². The third-order valence-electron chi connectivity index (χ3n) is 4.80. The highest BCUT2D eigenvalue weighted by molar-refractivity contribution is 7.89. The number of sulfonamides is 1. The summed E-state index contributed by atoms with van der Waals surface area (Å²) in [5.74, 6) is 0. The van der Waals surface area contributed by atoms with Gasteiger partial charge in [-0.2, -0.15) is 4.31 Å². The predicted octanol–water partition coefficient (Wildman–Crippen LogP) is 3.94. The van der Waals surface area contributed by atoms with E-state index in [0.717, 1.165) is 11.1 Å². The second kappa shape index (κ2) is 5.18. The van der Waals surface area contributed by atoms with Crippen molar-refractivity contribution in [3.8, 4) is 0 Å². The molecule has 3 nitrogen and oxygen atoms in total. The molecule has 2 aromatic carbocycles. The monoisotopic (exact) mass is 329 g/mol. The maximum Gasteiger partial charge on any atom is 0.244 e. The average Bonchev–Trinajstić information content (AvgIpc) is 3.26. The molecule has 0 aliphatic carbocycles. The molecule has 0 radical (unpaired) electrons. The van der Waals surface area contributed by atoms with E-state index in [1.165, 1.54) is 0 Å². The van der Waals surface area contributed by atoms with Gasteiger partial charge < -0.3 is 0 Å². The minimum absolute atomic E-state index is 0.188. The molecule has 0 amide bonds. The molecule has 0 aromatic heterocycles. The topological polar surface area (TPSA) is 37.1 Å². The van der Waals surface area contributed by atoms with Crippen LogP contribution in [0.15, 0.2) is 59.5 Å². The summed E-state index contributed by atoms with van der Waals surface area (Å²) in [6, 6.07) is 17.0. The van der Waals surface area contributed by atoms with Gasteiger partial charge in [0.15, 0.2) is 0 Å². The zero-order chi connectivity index (χ0) is 16.9. The fraction of sp³-hybridized carbons (Fsp3) is 0.368. The van der Waals surface area contributed by atoms with Crippen molar-refractivity contribution in [3.05, 3.63) is 65.7 Å². The standard InChI is InChI=1S/C19H23NO2S/c1-15-10-12-17(13-11-15)23(21,22)20-14-19(20,18(2,3)4)16-8-6-5-7-9-16/h5-13H,14H2,1-4H3.